The lowest BCUT2D eigenvalue weighted by Crippen LogP contribution is -2.41. The summed E-state index contributed by atoms with van der Waals surface area (Å²) >= 11 is 0. The Bertz CT molecular complexity index is 1030. The molecular formula is C27H31FN2O4. The molecule has 0 bridgehead atoms. The number of ether oxygens (including phenoxy) is 1. The number of piperidine rings is 1. The first-order valence-corrected chi connectivity index (χ1v) is 12.0. The van der Waals surface area contributed by atoms with Gasteiger partial charge in [0.05, 0.1) is 25.5 Å². The second-order valence-electron chi connectivity index (χ2n) is 9.08. The number of hydrogen-bond acceptors (Lipinski definition) is 4. The van der Waals surface area contributed by atoms with Gasteiger partial charge in [-0.2, -0.15) is 0 Å². The van der Waals surface area contributed by atoms with Crippen molar-refractivity contribution >= 4 is 23.5 Å². The predicted molar refractivity (Wildman–Crippen MR) is 126 cm³/mol. The Labute approximate surface area is 199 Å². The van der Waals surface area contributed by atoms with Crippen LogP contribution >= 0.6 is 0 Å². The Kier molecular flexibility index (Phi) is 7.60. The van der Waals surface area contributed by atoms with Crippen LogP contribution < -0.4 is 4.90 Å². The number of benzene rings is 2. The van der Waals surface area contributed by atoms with E-state index in [9.17, 15) is 18.8 Å². The highest BCUT2D eigenvalue weighted by Gasteiger charge is 2.34. The summed E-state index contributed by atoms with van der Waals surface area (Å²) in [5, 5.41) is 0. The normalized spacial score (nSPS) is 16.2. The first kappa shape index (κ1) is 23.9. The number of rotatable bonds is 8. The van der Waals surface area contributed by atoms with Crippen LogP contribution in [0.3, 0.4) is 0 Å². The average Bonchev–Trinajstić information content (AvgIpc) is 3.69. The van der Waals surface area contributed by atoms with Crippen molar-refractivity contribution in [2.45, 2.75) is 45.6 Å². The van der Waals surface area contributed by atoms with Crippen LogP contribution in [-0.2, 0) is 32.1 Å². The predicted octanol–water partition coefficient (Wildman–Crippen LogP) is 4.11. The topological polar surface area (TPSA) is 66.9 Å². The largest absolute Gasteiger partial charge is 0.466 e. The lowest BCUT2D eigenvalue weighted by atomic mass is 9.96. The lowest BCUT2D eigenvalue weighted by Gasteiger charge is -2.31. The van der Waals surface area contributed by atoms with Crippen molar-refractivity contribution < 1.29 is 23.5 Å². The van der Waals surface area contributed by atoms with E-state index in [0.29, 0.717) is 39.1 Å². The zero-order chi connectivity index (χ0) is 24.1. The molecule has 0 radical (unpaired) electrons. The quantitative estimate of drug-likeness (QED) is 0.549. The zero-order valence-corrected chi connectivity index (χ0v) is 19.5. The Hall–Kier alpha value is -3.22. The minimum atomic E-state index is -0.310. The highest BCUT2D eigenvalue weighted by Crippen LogP contribution is 2.34. The van der Waals surface area contributed by atoms with Crippen molar-refractivity contribution in [1.82, 2.24) is 4.90 Å². The van der Waals surface area contributed by atoms with E-state index in [1.54, 1.807) is 28.9 Å². The molecule has 1 aliphatic carbocycles. The molecule has 6 nitrogen and oxygen atoms in total. The van der Waals surface area contributed by atoms with Gasteiger partial charge in [0.25, 0.3) is 0 Å². The molecule has 2 aromatic rings. The standard InChI is InChI=1S/C27H31FN2O4/c1-2-34-27(33)22-12-14-29(15-13-22)25(31)17-20-4-3-5-24(16-20)30(26(32)21-8-9-21)18-19-6-10-23(28)11-7-19/h3-7,10-11,16,21-22H,2,8-9,12-15,17-18H2,1H3. The number of carbonyl (C=O) groups excluding carboxylic acids is 3. The Balaban J connectivity index is 1.42. The van der Waals surface area contributed by atoms with Gasteiger partial charge in [0, 0.05) is 24.7 Å². The van der Waals surface area contributed by atoms with E-state index >= 15 is 0 Å². The summed E-state index contributed by atoms with van der Waals surface area (Å²) in [6, 6.07) is 13.7. The third-order valence-electron chi connectivity index (χ3n) is 6.49. The van der Waals surface area contributed by atoms with Crippen LogP contribution in [0, 0.1) is 17.7 Å². The van der Waals surface area contributed by atoms with Crippen LogP contribution in [0.25, 0.3) is 0 Å². The zero-order valence-electron chi connectivity index (χ0n) is 19.5. The van der Waals surface area contributed by atoms with E-state index in [-0.39, 0.29) is 41.9 Å². The van der Waals surface area contributed by atoms with Crippen molar-refractivity contribution in [2.75, 3.05) is 24.6 Å². The maximum absolute atomic E-state index is 13.3. The highest BCUT2D eigenvalue weighted by atomic mass is 19.1. The number of nitrogens with zero attached hydrogens (tertiary/aromatic N) is 2. The molecule has 1 heterocycles. The molecular weight excluding hydrogens is 435 g/mol. The summed E-state index contributed by atoms with van der Waals surface area (Å²) in [4.78, 5) is 41.4. The third-order valence-corrected chi connectivity index (χ3v) is 6.49. The first-order valence-electron chi connectivity index (χ1n) is 12.0. The van der Waals surface area contributed by atoms with E-state index in [1.807, 2.05) is 24.3 Å². The fraction of sp³-hybridized carbons (Fsp3) is 0.444. The van der Waals surface area contributed by atoms with Gasteiger partial charge in [-0.25, -0.2) is 4.39 Å². The molecule has 0 atom stereocenters. The molecule has 2 aliphatic rings. The minimum absolute atomic E-state index is 0.0121. The summed E-state index contributed by atoms with van der Waals surface area (Å²) in [5.41, 5.74) is 2.43. The van der Waals surface area contributed by atoms with Crippen molar-refractivity contribution in [3.63, 3.8) is 0 Å². The summed E-state index contributed by atoms with van der Waals surface area (Å²) < 4.78 is 18.4. The van der Waals surface area contributed by atoms with Gasteiger partial charge in [0.2, 0.25) is 11.8 Å². The highest BCUT2D eigenvalue weighted by molar-refractivity contribution is 5.96. The fourth-order valence-corrected chi connectivity index (χ4v) is 4.36. The molecule has 0 aromatic heterocycles. The number of anilines is 1. The van der Waals surface area contributed by atoms with Crippen LogP contribution in [0.15, 0.2) is 48.5 Å². The summed E-state index contributed by atoms with van der Waals surface area (Å²) in [6.07, 6.45) is 3.25. The molecule has 2 aromatic carbocycles. The second kappa shape index (κ2) is 10.8. The molecule has 1 aliphatic heterocycles. The van der Waals surface area contributed by atoms with Crippen molar-refractivity contribution in [3.05, 3.63) is 65.5 Å². The molecule has 2 amide bonds. The van der Waals surface area contributed by atoms with Crippen LogP contribution in [0.4, 0.5) is 10.1 Å². The van der Waals surface area contributed by atoms with Crippen molar-refractivity contribution in [3.8, 4) is 0 Å². The molecule has 1 saturated carbocycles. The van der Waals surface area contributed by atoms with E-state index in [2.05, 4.69) is 0 Å². The van der Waals surface area contributed by atoms with Gasteiger partial charge in [-0.1, -0.05) is 24.3 Å². The summed E-state index contributed by atoms with van der Waals surface area (Å²) in [5.74, 6) is -0.515. The Morgan fingerprint density at radius 3 is 2.32 bits per heavy atom. The van der Waals surface area contributed by atoms with Crippen LogP contribution in [0.1, 0.15) is 43.7 Å². The fourth-order valence-electron chi connectivity index (χ4n) is 4.36. The maximum Gasteiger partial charge on any atom is 0.309 e. The van der Waals surface area contributed by atoms with Gasteiger partial charge in [-0.3, -0.25) is 14.4 Å². The lowest BCUT2D eigenvalue weighted by molar-refractivity contribution is -0.151. The molecule has 34 heavy (non-hydrogen) atoms. The molecule has 180 valence electrons. The molecule has 4 rings (SSSR count). The number of carbonyl (C=O) groups is 3. The van der Waals surface area contributed by atoms with E-state index < -0.39 is 0 Å². The number of hydrogen-bond donors (Lipinski definition) is 0. The average molecular weight is 467 g/mol. The molecule has 2 fully saturated rings. The number of esters is 1. The van der Waals surface area contributed by atoms with E-state index in [0.717, 1.165) is 29.7 Å². The van der Waals surface area contributed by atoms with Crippen LogP contribution in [-0.4, -0.2) is 42.4 Å². The maximum atomic E-state index is 13.3. The molecule has 0 unspecified atom stereocenters. The van der Waals surface area contributed by atoms with Gasteiger partial charge in [-0.15, -0.1) is 0 Å². The first-order chi connectivity index (χ1) is 16.4. The Morgan fingerprint density at radius 2 is 1.68 bits per heavy atom. The Morgan fingerprint density at radius 1 is 0.971 bits per heavy atom. The summed E-state index contributed by atoms with van der Waals surface area (Å²) in [7, 11) is 0. The summed E-state index contributed by atoms with van der Waals surface area (Å²) in [6.45, 7) is 3.60. The van der Waals surface area contributed by atoms with E-state index in [1.165, 1.54) is 12.1 Å². The number of halogens is 1. The number of amides is 2. The number of likely N-dealkylation sites (tertiary alicyclic amines) is 1. The minimum Gasteiger partial charge on any atom is -0.466 e. The molecule has 7 heteroatoms. The van der Waals surface area contributed by atoms with Crippen LogP contribution in [0.5, 0.6) is 0 Å². The monoisotopic (exact) mass is 466 g/mol. The van der Waals surface area contributed by atoms with Gasteiger partial charge in [0.15, 0.2) is 0 Å². The van der Waals surface area contributed by atoms with Crippen LogP contribution in [0.2, 0.25) is 0 Å². The van der Waals surface area contributed by atoms with Gasteiger partial charge in [0.1, 0.15) is 5.82 Å². The SMILES string of the molecule is CCOC(=O)C1CCN(C(=O)Cc2cccc(N(Cc3ccc(F)cc3)C(=O)C3CC3)c2)CC1. The molecule has 0 spiro atoms. The molecule has 1 saturated heterocycles. The third kappa shape index (κ3) is 6.01. The van der Waals surface area contributed by atoms with Crippen molar-refractivity contribution in [2.24, 2.45) is 11.8 Å². The van der Waals surface area contributed by atoms with Gasteiger partial charge in [-0.05, 0) is 68.0 Å². The second-order valence-corrected chi connectivity index (χ2v) is 9.08. The van der Waals surface area contributed by atoms with E-state index in [4.69, 9.17) is 4.74 Å². The van der Waals surface area contributed by atoms with Gasteiger partial charge < -0.3 is 14.5 Å². The smallest absolute Gasteiger partial charge is 0.309 e. The van der Waals surface area contributed by atoms with Gasteiger partial charge >= 0.3 is 5.97 Å². The van der Waals surface area contributed by atoms with Crippen molar-refractivity contribution in [1.29, 1.82) is 0 Å². The molecule has 0 N–H and O–H groups in total.